The van der Waals surface area contributed by atoms with E-state index in [1.807, 2.05) is 12.1 Å². The van der Waals surface area contributed by atoms with Gasteiger partial charge in [-0.05, 0) is 52.4 Å². The molecule has 31 heavy (non-hydrogen) atoms. The highest BCUT2D eigenvalue weighted by Gasteiger charge is 2.37. The Balaban J connectivity index is 1.93. The number of halogens is 1. The van der Waals surface area contributed by atoms with Gasteiger partial charge in [0.1, 0.15) is 12.2 Å². The molecule has 1 saturated heterocycles. The van der Waals surface area contributed by atoms with Gasteiger partial charge in [-0.25, -0.2) is 4.79 Å². The van der Waals surface area contributed by atoms with Crippen molar-refractivity contribution in [1.82, 2.24) is 9.80 Å². The number of amides is 4. The van der Waals surface area contributed by atoms with Crippen molar-refractivity contribution in [2.45, 2.75) is 6.61 Å². The van der Waals surface area contributed by atoms with Gasteiger partial charge < -0.3 is 9.47 Å². The smallest absolute Gasteiger partial charge is 0.333 e. The molecule has 1 aliphatic heterocycles. The Bertz CT molecular complexity index is 1130. The molecule has 2 aromatic carbocycles. The van der Waals surface area contributed by atoms with E-state index in [1.54, 1.807) is 24.3 Å². The van der Waals surface area contributed by atoms with E-state index in [1.165, 1.54) is 27.3 Å². The summed E-state index contributed by atoms with van der Waals surface area (Å²) in [6, 6.07) is 12.0. The molecule has 0 aliphatic carbocycles. The van der Waals surface area contributed by atoms with Crippen LogP contribution in [0.1, 0.15) is 16.7 Å². The van der Waals surface area contributed by atoms with Gasteiger partial charge in [0.25, 0.3) is 11.8 Å². The van der Waals surface area contributed by atoms with Crippen molar-refractivity contribution in [3.63, 3.8) is 0 Å². The van der Waals surface area contributed by atoms with E-state index in [9.17, 15) is 19.6 Å². The molecule has 1 heterocycles. The lowest BCUT2D eigenvalue weighted by Crippen LogP contribution is -2.52. The molecule has 3 rings (SSSR count). The normalized spacial score (nSPS) is 13.9. The number of hydrogen-bond donors (Lipinski definition) is 0. The third kappa shape index (κ3) is 4.39. The average molecular weight is 531 g/mol. The third-order valence-electron chi connectivity index (χ3n) is 4.72. The fraction of sp³-hybridized carbons (Fsp3) is 0.182. The van der Waals surface area contributed by atoms with E-state index >= 15 is 0 Å². The summed E-state index contributed by atoms with van der Waals surface area (Å²) in [6.07, 6.45) is 1.42. The second-order valence-electron chi connectivity index (χ2n) is 6.66. The van der Waals surface area contributed by atoms with Crippen LogP contribution in [0.2, 0.25) is 0 Å². The Morgan fingerprint density at radius 2 is 1.74 bits per heavy atom. The van der Waals surface area contributed by atoms with E-state index in [-0.39, 0.29) is 12.2 Å². The van der Waals surface area contributed by atoms with Gasteiger partial charge in [0.2, 0.25) is 0 Å². The molecule has 0 atom stereocenters. The van der Waals surface area contributed by atoms with Crippen molar-refractivity contribution in [1.29, 1.82) is 5.26 Å². The summed E-state index contributed by atoms with van der Waals surface area (Å²) in [6.45, 7) is 0.172. The van der Waals surface area contributed by atoms with Gasteiger partial charge in [-0.15, -0.1) is 0 Å². The maximum atomic E-state index is 12.4. The van der Waals surface area contributed by atoms with Crippen LogP contribution in [0.25, 0.3) is 6.08 Å². The molecule has 0 N–H and O–H groups in total. The molecule has 2 aromatic rings. The molecule has 1 fully saturated rings. The Morgan fingerprint density at radius 1 is 1.10 bits per heavy atom. The van der Waals surface area contributed by atoms with E-state index in [2.05, 4.69) is 28.7 Å². The number of nitrogens with zero attached hydrogens (tertiary/aromatic N) is 3. The molecule has 158 valence electrons. The van der Waals surface area contributed by atoms with E-state index in [0.717, 1.165) is 15.4 Å². The van der Waals surface area contributed by atoms with Crippen molar-refractivity contribution in [2.75, 3.05) is 21.2 Å². The predicted octanol–water partition coefficient (Wildman–Crippen LogP) is 3.18. The number of methoxy groups -OCH3 is 1. The number of rotatable bonds is 5. The molecule has 0 aromatic heterocycles. The van der Waals surface area contributed by atoms with Crippen LogP contribution in [0.5, 0.6) is 11.5 Å². The first-order chi connectivity index (χ1) is 14.8. The number of urea groups is 1. The van der Waals surface area contributed by atoms with Crippen LogP contribution in [-0.2, 0) is 16.2 Å². The quantitative estimate of drug-likeness (QED) is 0.334. The largest absolute Gasteiger partial charge is 0.493 e. The minimum absolute atomic E-state index is 0.126. The van der Waals surface area contributed by atoms with Crippen molar-refractivity contribution in [3.05, 3.63) is 62.2 Å². The average Bonchev–Trinajstić information content (AvgIpc) is 2.78. The molecule has 0 spiro atoms. The first kappa shape index (κ1) is 22.3. The SMILES string of the molecule is COc1cc(C=C2C(=O)N(C)C(=O)N(C)C2=O)cc(I)c1OCc1ccccc1C#N. The predicted molar refractivity (Wildman–Crippen MR) is 120 cm³/mol. The third-order valence-corrected chi connectivity index (χ3v) is 5.52. The number of carbonyl (C=O) groups excluding carboxylic acids is 3. The summed E-state index contributed by atoms with van der Waals surface area (Å²) in [5, 5.41) is 9.24. The van der Waals surface area contributed by atoms with Gasteiger partial charge in [0.15, 0.2) is 11.5 Å². The Hall–Kier alpha value is -3.39. The van der Waals surface area contributed by atoms with Crippen molar-refractivity contribution in [2.24, 2.45) is 0 Å². The molecule has 0 unspecified atom stereocenters. The molecule has 8 nitrogen and oxygen atoms in total. The second-order valence-corrected chi connectivity index (χ2v) is 7.82. The minimum Gasteiger partial charge on any atom is -0.493 e. The van der Waals surface area contributed by atoms with Gasteiger partial charge in [-0.2, -0.15) is 5.26 Å². The topological polar surface area (TPSA) is 99.9 Å². The summed E-state index contributed by atoms with van der Waals surface area (Å²) < 4.78 is 12.1. The Kier molecular flexibility index (Phi) is 6.60. The highest BCUT2D eigenvalue weighted by molar-refractivity contribution is 14.1. The Labute approximate surface area is 192 Å². The van der Waals surface area contributed by atoms with Crippen LogP contribution in [0.3, 0.4) is 0 Å². The number of ether oxygens (including phenoxy) is 2. The zero-order valence-electron chi connectivity index (χ0n) is 17.0. The first-order valence-corrected chi connectivity index (χ1v) is 10.2. The number of imide groups is 2. The van der Waals surface area contributed by atoms with Gasteiger partial charge in [0.05, 0.1) is 22.3 Å². The van der Waals surface area contributed by atoms with E-state index in [0.29, 0.717) is 26.2 Å². The minimum atomic E-state index is -0.680. The molecular formula is C22H18IN3O5. The van der Waals surface area contributed by atoms with Crippen molar-refractivity contribution < 1.29 is 23.9 Å². The summed E-state index contributed by atoms with van der Waals surface area (Å²) in [5.74, 6) is -0.462. The summed E-state index contributed by atoms with van der Waals surface area (Å²) >= 11 is 2.07. The molecular weight excluding hydrogens is 513 g/mol. The fourth-order valence-corrected chi connectivity index (χ4v) is 3.79. The monoisotopic (exact) mass is 531 g/mol. The number of nitriles is 1. The summed E-state index contributed by atoms with van der Waals surface area (Å²) in [5.41, 5.74) is 1.68. The highest BCUT2D eigenvalue weighted by atomic mass is 127. The highest BCUT2D eigenvalue weighted by Crippen LogP contribution is 2.35. The van der Waals surface area contributed by atoms with Crippen LogP contribution in [0.4, 0.5) is 4.79 Å². The lowest BCUT2D eigenvalue weighted by molar-refractivity contribution is -0.134. The number of hydrogen-bond acceptors (Lipinski definition) is 6. The molecule has 9 heteroatoms. The molecule has 1 aliphatic rings. The standard InChI is InChI=1S/C22H18IN3O5/c1-25-20(27)16(21(28)26(2)22(25)29)8-13-9-17(23)19(18(10-13)30-3)31-12-15-7-5-4-6-14(15)11-24/h4-10H,12H2,1-3H3. The first-order valence-electron chi connectivity index (χ1n) is 9.08. The summed E-state index contributed by atoms with van der Waals surface area (Å²) in [4.78, 5) is 38.5. The van der Waals surface area contributed by atoms with Crippen molar-refractivity contribution in [3.8, 4) is 17.6 Å². The maximum absolute atomic E-state index is 12.4. The number of barbiturate groups is 1. The number of benzene rings is 2. The zero-order chi connectivity index (χ0) is 22.7. The van der Waals surface area contributed by atoms with Crippen LogP contribution in [0, 0.1) is 14.9 Å². The zero-order valence-corrected chi connectivity index (χ0v) is 19.2. The van der Waals surface area contributed by atoms with Crippen LogP contribution >= 0.6 is 22.6 Å². The lowest BCUT2D eigenvalue weighted by atomic mass is 10.1. The molecule has 0 radical (unpaired) electrons. The number of carbonyl (C=O) groups is 3. The van der Waals surface area contributed by atoms with Crippen LogP contribution in [-0.4, -0.2) is 48.9 Å². The maximum Gasteiger partial charge on any atom is 0.333 e. The van der Waals surface area contributed by atoms with E-state index in [4.69, 9.17) is 9.47 Å². The number of likely N-dealkylation sites (N-methyl/N-ethyl adjacent to an activating group) is 2. The molecule has 0 saturated carbocycles. The van der Waals surface area contributed by atoms with E-state index < -0.39 is 17.8 Å². The lowest BCUT2D eigenvalue weighted by Gasteiger charge is -2.28. The van der Waals surface area contributed by atoms with Gasteiger partial charge in [0, 0.05) is 19.7 Å². The van der Waals surface area contributed by atoms with Gasteiger partial charge >= 0.3 is 6.03 Å². The van der Waals surface area contributed by atoms with Crippen molar-refractivity contribution >= 4 is 46.5 Å². The summed E-state index contributed by atoms with van der Waals surface area (Å²) in [7, 11) is 4.12. The van der Waals surface area contributed by atoms with Crippen LogP contribution < -0.4 is 9.47 Å². The van der Waals surface area contributed by atoms with Crippen LogP contribution in [0.15, 0.2) is 42.0 Å². The fourth-order valence-electron chi connectivity index (χ4n) is 3.01. The second kappa shape index (κ2) is 9.18. The van der Waals surface area contributed by atoms with Gasteiger partial charge in [-0.3, -0.25) is 19.4 Å². The molecule has 0 bridgehead atoms. The molecule has 4 amide bonds. The van der Waals surface area contributed by atoms with Gasteiger partial charge in [-0.1, -0.05) is 18.2 Å². The Morgan fingerprint density at radius 3 is 2.35 bits per heavy atom.